The van der Waals surface area contributed by atoms with Crippen molar-refractivity contribution in [3.05, 3.63) is 29.7 Å². The highest BCUT2D eigenvalue weighted by molar-refractivity contribution is 5.73. The zero-order valence-electron chi connectivity index (χ0n) is 12.2. The van der Waals surface area contributed by atoms with Crippen molar-refractivity contribution in [2.75, 3.05) is 14.1 Å². The van der Waals surface area contributed by atoms with Gasteiger partial charge in [0.15, 0.2) is 11.5 Å². The fourth-order valence-electron chi connectivity index (χ4n) is 2.41. The molecule has 1 aromatic heterocycles. The van der Waals surface area contributed by atoms with Crippen LogP contribution >= 0.6 is 0 Å². The van der Waals surface area contributed by atoms with Gasteiger partial charge in [-0.05, 0) is 51.6 Å². The molecule has 104 valence electrons. The first-order chi connectivity index (χ1) is 8.97. The largest absolute Gasteiger partial charge is 0.441 e. The molecule has 2 N–H and O–H groups in total. The summed E-state index contributed by atoms with van der Waals surface area (Å²) in [5, 5.41) is 0. The van der Waals surface area contributed by atoms with Gasteiger partial charge in [-0.15, -0.1) is 0 Å². The number of hydrogen-bond donors (Lipinski definition) is 1. The van der Waals surface area contributed by atoms with E-state index in [1.165, 1.54) is 5.56 Å². The number of hydrogen-bond acceptors (Lipinski definition) is 4. The van der Waals surface area contributed by atoms with E-state index in [0.29, 0.717) is 11.9 Å². The minimum Gasteiger partial charge on any atom is -0.441 e. The average molecular weight is 261 g/mol. The normalized spacial score (nSPS) is 15.1. The van der Waals surface area contributed by atoms with Gasteiger partial charge in [-0.25, -0.2) is 4.98 Å². The van der Waals surface area contributed by atoms with Gasteiger partial charge in [0.05, 0.1) is 0 Å². The molecule has 19 heavy (non-hydrogen) atoms. The first-order valence-corrected chi connectivity index (χ1v) is 6.76. The standard InChI is InChI=1S/C15H23N3O/c1-10(16)5-7-14(18(3)4)12-6-8-15-13(9-12)17-11(2)19-15/h6,8-10,14H,5,7,16H2,1-4H3. The zero-order valence-corrected chi connectivity index (χ0v) is 12.2. The SMILES string of the molecule is Cc1nc2cc(C(CCC(C)N)N(C)C)ccc2o1. The Labute approximate surface area is 114 Å². The summed E-state index contributed by atoms with van der Waals surface area (Å²) in [4.78, 5) is 6.63. The minimum atomic E-state index is 0.237. The van der Waals surface area contributed by atoms with Crippen LogP contribution in [-0.2, 0) is 0 Å². The Balaban J connectivity index is 2.27. The maximum Gasteiger partial charge on any atom is 0.192 e. The highest BCUT2D eigenvalue weighted by Crippen LogP contribution is 2.27. The molecule has 4 nitrogen and oxygen atoms in total. The van der Waals surface area contributed by atoms with Gasteiger partial charge in [-0.3, -0.25) is 0 Å². The Bertz CT molecular complexity index is 545. The molecule has 0 saturated carbocycles. The smallest absolute Gasteiger partial charge is 0.192 e. The van der Waals surface area contributed by atoms with Gasteiger partial charge in [0.2, 0.25) is 0 Å². The summed E-state index contributed by atoms with van der Waals surface area (Å²) in [6, 6.07) is 6.86. The maximum absolute atomic E-state index is 5.87. The summed E-state index contributed by atoms with van der Waals surface area (Å²) in [5.74, 6) is 0.712. The summed E-state index contributed by atoms with van der Waals surface area (Å²) in [6.45, 7) is 3.93. The monoisotopic (exact) mass is 261 g/mol. The number of nitrogens with two attached hydrogens (primary N) is 1. The molecule has 0 fully saturated rings. The number of fused-ring (bicyclic) bond motifs is 1. The van der Waals surface area contributed by atoms with E-state index in [9.17, 15) is 0 Å². The summed E-state index contributed by atoms with van der Waals surface area (Å²) in [7, 11) is 4.20. The maximum atomic E-state index is 5.87. The average Bonchev–Trinajstić information content (AvgIpc) is 2.67. The van der Waals surface area contributed by atoms with Crippen molar-refractivity contribution in [3.8, 4) is 0 Å². The molecule has 0 aliphatic rings. The molecule has 0 saturated heterocycles. The van der Waals surface area contributed by atoms with Gasteiger partial charge in [0.1, 0.15) is 5.52 Å². The lowest BCUT2D eigenvalue weighted by Crippen LogP contribution is -2.23. The van der Waals surface area contributed by atoms with Crippen LogP contribution in [0, 0.1) is 6.92 Å². The third-order valence-corrected chi connectivity index (χ3v) is 3.42. The van der Waals surface area contributed by atoms with Gasteiger partial charge in [0.25, 0.3) is 0 Å². The molecule has 0 amide bonds. The Morgan fingerprint density at radius 1 is 1.32 bits per heavy atom. The van der Waals surface area contributed by atoms with Crippen LogP contribution in [0.3, 0.4) is 0 Å². The molecule has 0 spiro atoms. The lowest BCUT2D eigenvalue weighted by molar-refractivity contribution is 0.275. The second kappa shape index (κ2) is 5.72. The molecule has 2 aromatic rings. The van der Waals surface area contributed by atoms with Crippen molar-refractivity contribution >= 4 is 11.1 Å². The van der Waals surface area contributed by atoms with Gasteiger partial charge in [-0.2, -0.15) is 0 Å². The molecule has 2 rings (SSSR count). The topological polar surface area (TPSA) is 55.3 Å². The first-order valence-electron chi connectivity index (χ1n) is 6.76. The van der Waals surface area contributed by atoms with Crippen molar-refractivity contribution in [1.82, 2.24) is 9.88 Å². The lowest BCUT2D eigenvalue weighted by Gasteiger charge is -2.25. The van der Waals surface area contributed by atoms with Crippen molar-refractivity contribution in [3.63, 3.8) is 0 Å². The molecule has 0 aliphatic heterocycles. The van der Waals surface area contributed by atoms with Crippen LogP contribution in [0.25, 0.3) is 11.1 Å². The number of rotatable bonds is 5. The van der Waals surface area contributed by atoms with Crippen molar-refractivity contribution in [1.29, 1.82) is 0 Å². The molecule has 0 aliphatic carbocycles. The summed E-state index contributed by atoms with van der Waals surface area (Å²) >= 11 is 0. The Hall–Kier alpha value is -1.39. The van der Waals surface area contributed by atoms with Crippen molar-refractivity contribution < 1.29 is 4.42 Å². The van der Waals surface area contributed by atoms with Crippen molar-refractivity contribution in [2.24, 2.45) is 5.73 Å². The van der Waals surface area contributed by atoms with Crippen LogP contribution in [0.1, 0.15) is 37.3 Å². The van der Waals surface area contributed by atoms with E-state index >= 15 is 0 Å². The van der Waals surface area contributed by atoms with E-state index in [1.54, 1.807) is 0 Å². The third kappa shape index (κ3) is 3.33. The molecule has 2 atom stereocenters. The van der Waals surface area contributed by atoms with Gasteiger partial charge in [0, 0.05) is 19.0 Å². The minimum absolute atomic E-state index is 0.237. The van der Waals surface area contributed by atoms with E-state index in [1.807, 2.05) is 13.0 Å². The van der Waals surface area contributed by atoms with Crippen LogP contribution in [0.5, 0.6) is 0 Å². The number of aromatic nitrogens is 1. The highest BCUT2D eigenvalue weighted by Gasteiger charge is 2.16. The van der Waals surface area contributed by atoms with Gasteiger partial charge >= 0.3 is 0 Å². The summed E-state index contributed by atoms with van der Waals surface area (Å²) in [5.41, 5.74) is 8.92. The number of benzene rings is 1. The highest BCUT2D eigenvalue weighted by atomic mass is 16.3. The first kappa shape index (κ1) is 14.0. The second-order valence-corrected chi connectivity index (χ2v) is 5.49. The van der Waals surface area contributed by atoms with Crippen LogP contribution in [0.4, 0.5) is 0 Å². The van der Waals surface area contributed by atoms with E-state index in [4.69, 9.17) is 10.2 Å². The molecule has 0 radical (unpaired) electrons. The number of aryl methyl sites for hydroxylation is 1. The fourth-order valence-corrected chi connectivity index (χ4v) is 2.41. The van der Waals surface area contributed by atoms with E-state index in [-0.39, 0.29) is 6.04 Å². The van der Waals surface area contributed by atoms with Crippen molar-refractivity contribution in [2.45, 2.75) is 38.8 Å². The zero-order chi connectivity index (χ0) is 14.0. The predicted octanol–water partition coefficient (Wildman–Crippen LogP) is 2.87. The van der Waals surface area contributed by atoms with Gasteiger partial charge in [-0.1, -0.05) is 6.07 Å². The Morgan fingerprint density at radius 3 is 2.68 bits per heavy atom. The number of nitrogens with zero attached hydrogens (tertiary/aromatic N) is 2. The number of oxazole rings is 1. The molecular formula is C15H23N3O. The summed E-state index contributed by atoms with van der Waals surface area (Å²) in [6.07, 6.45) is 2.06. The lowest BCUT2D eigenvalue weighted by atomic mass is 9.98. The quantitative estimate of drug-likeness (QED) is 0.899. The second-order valence-electron chi connectivity index (χ2n) is 5.49. The Kier molecular flexibility index (Phi) is 4.22. The Morgan fingerprint density at radius 2 is 2.05 bits per heavy atom. The van der Waals surface area contributed by atoms with E-state index < -0.39 is 0 Å². The van der Waals surface area contributed by atoms with Crippen LogP contribution in [0.15, 0.2) is 22.6 Å². The molecule has 1 aromatic carbocycles. The van der Waals surface area contributed by atoms with E-state index in [2.05, 4.69) is 43.0 Å². The molecule has 4 heteroatoms. The third-order valence-electron chi connectivity index (χ3n) is 3.42. The fraction of sp³-hybridized carbons (Fsp3) is 0.533. The van der Waals surface area contributed by atoms with Gasteiger partial charge < -0.3 is 15.1 Å². The molecule has 1 heterocycles. The summed E-state index contributed by atoms with van der Waals surface area (Å²) < 4.78 is 5.52. The molecular weight excluding hydrogens is 238 g/mol. The predicted molar refractivity (Wildman–Crippen MR) is 78.1 cm³/mol. The molecule has 0 bridgehead atoms. The molecule has 2 unspecified atom stereocenters. The van der Waals surface area contributed by atoms with Crippen LogP contribution in [-0.4, -0.2) is 30.0 Å². The van der Waals surface area contributed by atoms with Crippen LogP contribution < -0.4 is 5.73 Å². The van der Waals surface area contributed by atoms with E-state index in [0.717, 1.165) is 23.9 Å². The van der Waals surface area contributed by atoms with Crippen LogP contribution in [0.2, 0.25) is 0 Å².